The van der Waals surface area contributed by atoms with Crippen molar-refractivity contribution in [3.05, 3.63) is 23.8 Å². The Hall–Kier alpha value is -1.22. The van der Waals surface area contributed by atoms with Crippen molar-refractivity contribution in [3.8, 4) is 11.5 Å². The summed E-state index contributed by atoms with van der Waals surface area (Å²) in [5.41, 5.74) is 1.21. The van der Waals surface area contributed by atoms with Crippen molar-refractivity contribution in [2.24, 2.45) is 0 Å². The summed E-state index contributed by atoms with van der Waals surface area (Å²) in [6.45, 7) is 5.34. The summed E-state index contributed by atoms with van der Waals surface area (Å²) in [7, 11) is 3.39. The van der Waals surface area contributed by atoms with E-state index in [1.165, 1.54) is 5.56 Å². The molecule has 0 saturated heterocycles. The summed E-state index contributed by atoms with van der Waals surface area (Å²) < 4.78 is 10.6. The second-order valence-electron chi connectivity index (χ2n) is 4.39. The van der Waals surface area contributed by atoms with Gasteiger partial charge in [-0.1, -0.05) is 13.8 Å². The fraction of sp³-hybridized carbons (Fsp3) is 0.571. The first-order valence-electron chi connectivity index (χ1n) is 6.11. The maximum absolute atomic E-state index is 5.35. The van der Waals surface area contributed by atoms with Crippen molar-refractivity contribution >= 4 is 0 Å². The Balaban J connectivity index is 2.55. The predicted molar refractivity (Wildman–Crippen MR) is 71.0 cm³/mol. The van der Waals surface area contributed by atoms with Gasteiger partial charge in [0.15, 0.2) is 0 Å². The molecule has 0 fully saturated rings. The zero-order valence-corrected chi connectivity index (χ0v) is 11.2. The highest BCUT2D eigenvalue weighted by molar-refractivity contribution is 5.40. The molecule has 0 aromatic heterocycles. The van der Waals surface area contributed by atoms with Crippen LogP contribution >= 0.6 is 0 Å². The van der Waals surface area contributed by atoms with E-state index in [-0.39, 0.29) is 0 Å². The maximum atomic E-state index is 5.35. The molecule has 0 spiro atoms. The third kappa shape index (κ3) is 4.65. The average molecular weight is 237 g/mol. The summed E-state index contributed by atoms with van der Waals surface area (Å²) in [4.78, 5) is 0. The molecule has 0 aliphatic carbocycles. The number of ether oxygens (including phenoxy) is 2. The molecule has 0 aliphatic rings. The van der Waals surface area contributed by atoms with Gasteiger partial charge in [-0.3, -0.25) is 0 Å². The number of rotatable bonds is 7. The molecule has 0 atom stereocenters. The normalized spacial score (nSPS) is 10.6. The Labute approximate surface area is 104 Å². The van der Waals surface area contributed by atoms with Gasteiger partial charge in [-0.25, -0.2) is 0 Å². The van der Waals surface area contributed by atoms with Crippen LogP contribution in [0.1, 0.15) is 25.8 Å². The molecule has 96 valence electrons. The Kier molecular flexibility index (Phi) is 5.84. The van der Waals surface area contributed by atoms with Crippen molar-refractivity contribution in [2.45, 2.75) is 32.7 Å². The molecule has 0 aliphatic heterocycles. The van der Waals surface area contributed by atoms with E-state index in [0.29, 0.717) is 6.04 Å². The van der Waals surface area contributed by atoms with Crippen LogP contribution in [0.5, 0.6) is 11.5 Å². The number of nitrogens with one attached hydrogen (secondary N) is 1. The number of hydrogen-bond acceptors (Lipinski definition) is 3. The lowest BCUT2D eigenvalue weighted by Gasteiger charge is -2.11. The van der Waals surface area contributed by atoms with Crippen LogP contribution in [-0.4, -0.2) is 26.8 Å². The summed E-state index contributed by atoms with van der Waals surface area (Å²) in [6.07, 6.45) is 2.10. The van der Waals surface area contributed by atoms with E-state index < -0.39 is 0 Å². The predicted octanol–water partition coefficient (Wildman–Crippen LogP) is 2.63. The van der Waals surface area contributed by atoms with Gasteiger partial charge < -0.3 is 14.8 Å². The molecule has 0 saturated carbocycles. The van der Waals surface area contributed by atoms with E-state index >= 15 is 0 Å². The van der Waals surface area contributed by atoms with E-state index in [1.807, 2.05) is 18.2 Å². The molecule has 1 rings (SSSR count). The Morgan fingerprint density at radius 3 is 2.53 bits per heavy atom. The van der Waals surface area contributed by atoms with Gasteiger partial charge in [-0.05, 0) is 43.1 Å². The van der Waals surface area contributed by atoms with Gasteiger partial charge >= 0.3 is 0 Å². The first-order valence-corrected chi connectivity index (χ1v) is 6.11. The second-order valence-corrected chi connectivity index (χ2v) is 4.39. The minimum atomic E-state index is 0.544. The van der Waals surface area contributed by atoms with Crippen LogP contribution in [0.15, 0.2) is 18.2 Å². The molecule has 1 N–H and O–H groups in total. The lowest BCUT2D eigenvalue weighted by Crippen LogP contribution is -2.23. The number of hydrogen-bond donors (Lipinski definition) is 1. The summed E-state index contributed by atoms with van der Waals surface area (Å²) in [5.74, 6) is 1.83. The van der Waals surface area contributed by atoms with E-state index in [4.69, 9.17) is 9.47 Å². The SMILES string of the molecule is COc1ccc(OC)c(CCCNC(C)C)c1. The third-order valence-electron chi connectivity index (χ3n) is 2.66. The van der Waals surface area contributed by atoms with Crippen LogP contribution < -0.4 is 14.8 Å². The van der Waals surface area contributed by atoms with Crippen LogP contribution in [0.2, 0.25) is 0 Å². The Bertz CT molecular complexity index is 337. The Morgan fingerprint density at radius 2 is 1.94 bits per heavy atom. The minimum absolute atomic E-state index is 0.544. The average Bonchev–Trinajstić information content (AvgIpc) is 2.34. The second kappa shape index (κ2) is 7.17. The maximum Gasteiger partial charge on any atom is 0.122 e. The third-order valence-corrected chi connectivity index (χ3v) is 2.66. The monoisotopic (exact) mass is 237 g/mol. The molecule has 0 radical (unpaired) electrons. The summed E-state index contributed by atoms with van der Waals surface area (Å²) in [5, 5.41) is 3.41. The fourth-order valence-corrected chi connectivity index (χ4v) is 1.75. The molecule has 0 heterocycles. The number of methoxy groups -OCH3 is 2. The quantitative estimate of drug-likeness (QED) is 0.739. The van der Waals surface area contributed by atoms with E-state index in [2.05, 4.69) is 19.2 Å². The van der Waals surface area contributed by atoms with Gasteiger partial charge in [-0.15, -0.1) is 0 Å². The van der Waals surface area contributed by atoms with Gasteiger partial charge in [0.1, 0.15) is 11.5 Å². The molecule has 0 unspecified atom stereocenters. The highest BCUT2D eigenvalue weighted by Gasteiger charge is 2.04. The van der Waals surface area contributed by atoms with Crippen LogP contribution in [-0.2, 0) is 6.42 Å². The highest BCUT2D eigenvalue weighted by Crippen LogP contribution is 2.24. The van der Waals surface area contributed by atoms with Crippen molar-refractivity contribution in [1.29, 1.82) is 0 Å². The van der Waals surface area contributed by atoms with E-state index in [0.717, 1.165) is 30.9 Å². The summed E-state index contributed by atoms with van der Waals surface area (Å²) in [6, 6.07) is 6.48. The molecular weight excluding hydrogens is 214 g/mol. The lowest BCUT2D eigenvalue weighted by atomic mass is 10.1. The summed E-state index contributed by atoms with van der Waals surface area (Å²) >= 11 is 0. The smallest absolute Gasteiger partial charge is 0.122 e. The van der Waals surface area contributed by atoms with Crippen LogP contribution in [0.25, 0.3) is 0 Å². The van der Waals surface area contributed by atoms with Crippen molar-refractivity contribution in [2.75, 3.05) is 20.8 Å². The molecule has 0 bridgehead atoms. The minimum Gasteiger partial charge on any atom is -0.497 e. The molecule has 3 nitrogen and oxygen atoms in total. The van der Waals surface area contributed by atoms with Crippen LogP contribution in [0.4, 0.5) is 0 Å². The van der Waals surface area contributed by atoms with Gasteiger partial charge in [0.05, 0.1) is 14.2 Å². The van der Waals surface area contributed by atoms with Gasteiger partial charge in [0.25, 0.3) is 0 Å². The van der Waals surface area contributed by atoms with E-state index in [1.54, 1.807) is 14.2 Å². The zero-order chi connectivity index (χ0) is 12.7. The van der Waals surface area contributed by atoms with Gasteiger partial charge in [0, 0.05) is 6.04 Å². The molecule has 3 heteroatoms. The van der Waals surface area contributed by atoms with Crippen LogP contribution in [0.3, 0.4) is 0 Å². The van der Waals surface area contributed by atoms with Crippen LogP contribution in [0, 0.1) is 0 Å². The van der Waals surface area contributed by atoms with Gasteiger partial charge in [0.2, 0.25) is 0 Å². The molecule has 17 heavy (non-hydrogen) atoms. The highest BCUT2D eigenvalue weighted by atomic mass is 16.5. The van der Waals surface area contributed by atoms with Crippen molar-refractivity contribution < 1.29 is 9.47 Å². The molecular formula is C14H23NO2. The number of aryl methyl sites for hydroxylation is 1. The molecule has 0 amide bonds. The Morgan fingerprint density at radius 1 is 1.18 bits per heavy atom. The van der Waals surface area contributed by atoms with Crippen molar-refractivity contribution in [3.63, 3.8) is 0 Å². The molecule has 1 aromatic rings. The fourth-order valence-electron chi connectivity index (χ4n) is 1.75. The molecule has 1 aromatic carbocycles. The van der Waals surface area contributed by atoms with Gasteiger partial charge in [-0.2, -0.15) is 0 Å². The standard InChI is InChI=1S/C14H23NO2/c1-11(2)15-9-5-6-12-10-13(16-3)7-8-14(12)17-4/h7-8,10-11,15H,5-6,9H2,1-4H3. The van der Waals surface area contributed by atoms with E-state index in [9.17, 15) is 0 Å². The number of benzene rings is 1. The first kappa shape index (κ1) is 13.8. The largest absolute Gasteiger partial charge is 0.497 e. The topological polar surface area (TPSA) is 30.5 Å². The first-order chi connectivity index (χ1) is 8.17. The van der Waals surface area contributed by atoms with Crippen molar-refractivity contribution in [1.82, 2.24) is 5.32 Å². The zero-order valence-electron chi connectivity index (χ0n) is 11.2. The lowest BCUT2D eigenvalue weighted by molar-refractivity contribution is 0.398.